The van der Waals surface area contributed by atoms with Crippen molar-refractivity contribution < 1.29 is 19.5 Å². The quantitative estimate of drug-likeness (QED) is 0.484. The van der Waals surface area contributed by atoms with Gasteiger partial charge in [-0.1, -0.05) is 30.0 Å². The second-order valence-electron chi connectivity index (χ2n) is 5.77. The molecule has 1 heterocycles. The Morgan fingerprint density at radius 1 is 1.28 bits per heavy atom. The van der Waals surface area contributed by atoms with Crippen LogP contribution in [-0.2, 0) is 9.59 Å². The maximum atomic E-state index is 12.7. The fraction of sp³-hybridized carbons (Fsp3) is 0.312. The molecule has 2 rings (SSSR count). The number of carbonyl (C=O) groups is 3. The van der Waals surface area contributed by atoms with Crippen LogP contribution in [0, 0.1) is 0 Å². The Bertz CT molecular complexity index is 759. The van der Waals surface area contributed by atoms with Crippen molar-refractivity contribution in [2.24, 2.45) is 10.2 Å². The van der Waals surface area contributed by atoms with Crippen LogP contribution in [0.3, 0.4) is 0 Å². The van der Waals surface area contributed by atoms with E-state index in [-0.39, 0.29) is 12.3 Å². The minimum Gasteiger partial charge on any atom is -0.435 e. The highest BCUT2D eigenvalue weighted by Gasteiger charge is 2.46. The second kappa shape index (κ2) is 7.58. The Kier molecular flexibility index (Phi) is 5.70. The number of amides is 3. The fourth-order valence-corrected chi connectivity index (χ4v) is 3.07. The first kappa shape index (κ1) is 18.8. The molecule has 2 atom stereocenters. The molecule has 2 N–H and O–H groups in total. The summed E-state index contributed by atoms with van der Waals surface area (Å²) in [6.07, 6.45) is -1.54. The van der Waals surface area contributed by atoms with E-state index in [1.54, 1.807) is 44.2 Å². The van der Waals surface area contributed by atoms with Crippen LogP contribution in [0.15, 0.2) is 40.5 Å². The van der Waals surface area contributed by atoms with Gasteiger partial charge in [0.2, 0.25) is 5.91 Å². The van der Waals surface area contributed by atoms with Gasteiger partial charge in [0.25, 0.3) is 0 Å². The Balaban J connectivity index is 2.20. The van der Waals surface area contributed by atoms with Crippen LogP contribution in [0.5, 0.6) is 0 Å². The molecule has 1 saturated heterocycles. The maximum Gasteiger partial charge on any atom is 0.526 e. The van der Waals surface area contributed by atoms with Crippen molar-refractivity contribution in [2.45, 2.75) is 25.5 Å². The summed E-state index contributed by atoms with van der Waals surface area (Å²) in [6.45, 7) is 3.53. The van der Waals surface area contributed by atoms with E-state index in [9.17, 15) is 19.5 Å². The lowest BCUT2D eigenvalue weighted by Gasteiger charge is -2.25. The van der Waals surface area contributed by atoms with Gasteiger partial charge in [-0.15, -0.1) is 9.58 Å². The topological polar surface area (TPSA) is 108 Å². The summed E-state index contributed by atoms with van der Waals surface area (Å²) >= 11 is 1.07. The molecule has 8 nitrogen and oxygen atoms in total. The van der Waals surface area contributed by atoms with Crippen molar-refractivity contribution in [2.75, 3.05) is 7.05 Å². The van der Waals surface area contributed by atoms with Crippen molar-refractivity contribution in [3.63, 3.8) is 0 Å². The second-order valence-corrected chi connectivity index (χ2v) is 6.96. The largest absolute Gasteiger partial charge is 0.526 e. The minimum atomic E-state index is -1.31. The first-order valence-corrected chi connectivity index (χ1v) is 8.38. The van der Waals surface area contributed by atoms with E-state index in [1.807, 2.05) is 0 Å². The van der Waals surface area contributed by atoms with E-state index < -0.39 is 21.7 Å². The number of rotatable bonds is 4. The molecule has 1 aromatic rings. The number of nitrogens with zero attached hydrogens (tertiary/aromatic N) is 3. The lowest BCUT2D eigenvalue weighted by atomic mass is 10.2. The molecule has 1 aromatic carbocycles. The van der Waals surface area contributed by atoms with Crippen LogP contribution in [-0.4, -0.2) is 46.2 Å². The molecule has 3 amide bonds. The molecule has 1 aliphatic heterocycles. The Morgan fingerprint density at radius 3 is 2.48 bits per heavy atom. The van der Waals surface area contributed by atoms with Gasteiger partial charge in [-0.25, -0.2) is 4.79 Å². The van der Waals surface area contributed by atoms with Crippen LogP contribution in [0.2, 0.25) is 0 Å². The molecule has 0 aromatic heterocycles. The van der Waals surface area contributed by atoms with Gasteiger partial charge in [-0.2, -0.15) is 9.90 Å². The van der Waals surface area contributed by atoms with Crippen molar-refractivity contribution in [1.29, 1.82) is 0 Å². The van der Waals surface area contributed by atoms with E-state index in [0.717, 1.165) is 17.5 Å². The first-order valence-electron chi connectivity index (χ1n) is 7.50. The van der Waals surface area contributed by atoms with Crippen LogP contribution < -0.4 is 9.80 Å². The minimum absolute atomic E-state index is 0.234. The van der Waals surface area contributed by atoms with Gasteiger partial charge < -0.3 is 10.4 Å². The predicted molar refractivity (Wildman–Crippen MR) is 97.5 cm³/mol. The van der Waals surface area contributed by atoms with Crippen LogP contribution >= 0.6 is 11.8 Å². The smallest absolute Gasteiger partial charge is 0.435 e. The number of carboxylic acid groups (broad SMARTS) is 1. The molecule has 0 saturated carbocycles. The summed E-state index contributed by atoms with van der Waals surface area (Å²) in [6, 6.07) is 8.20. The molecular weight excluding hydrogens is 344 g/mol. The van der Waals surface area contributed by atoms with Gasteiger partial charge in [-0.05, 0) is 13.8 Å². The van der Waals surface area contributed by atoms with Gasteiger partial charge in [0, 0.05) is 17.8 Å². The van der Waals surface area contributed by atoms with E-state index in [2.05, 4.69) is 15.5 Å². The van der Waals surface area contributed by atoms with E-state index >= 15 is 0 Å². The third-order valence-electron chi connectivity index (χ3n) is 3.63. The lowest BCUT2D eigenvalue weighted by Crippen LogP contribution is -2.55. The zero-order valence-electron chi connectivity index (χ0n) is 14.1. The summed E-state index contributed by atoms with van der Waals surface area (Å²) in [5.41, 5.74) is 1.05. The Labute approximate surface area is 149 Å². The Morgan fingerprint density at radius 2 is 1.92 bits per heavy atom. The molecule has 132 valence electrons. The highest BCUT2D eigenvalue weighted by atomic mass is 32.2. The molecule has 0 spiro atoms. The molecule has 25 heavy (non-hydrogen) atoms. The first-order chi connectivity index (χ1) is 11.7. The van der Waals surface area contributed by atoms with E-state index in [1.165, 1.54) is 7.05 Å². The van der Waals surface area contributed by atoms with E-state index in [0.29, 0.717) is 10.9 Å². The van der Waals surface area contributed by atoms with Gasteiger partial charge in [0.15, 0.2) is 10.9 Å². The predicted octanol–water partition coefficient (Wildman–Crippen LogP) is 2.20. The van der Waals surface area contributed by atoms with Crippen molar-refractivity contribution in [3.8, 4) is 0 Å². The van der Waals surface area contributed by atoms with Crippen molar-refractivity contribution in [1.82, 2.24) is 9.80 Å². The van der Waals surface area contributed by atoms with Crippen LogP contribution in [0.4, 0.5) is 10.5 Å². The number of amidine groups is 1. The third-order valence-corrected chi connectivity index (χ3v) is 4.70. The third kappa shape index (κ3) is 4.12. The average molecular weight is 363 g/mol. The maximum absolute atomic E-state index is 12.7. The molecule has 0 aliphatic carbocycles. The molecule has 1 fully saturated rings. The zero-order chi connectivity index (χ0) is 18.6. The SMILES string of the molecule is CC(C)=NN=C1NC(=O)C(CC(=O)[N+](C)(C(=O)O)c2ccccc2)S1. The Hall–Kier alpha value is -2.52. The number of quaternary nitrogens is 1. The molecule has 1 aliphatic rings. The fourth-order valence-electron chi connectivity index (χ4n) is 2.16. The summed E-state index contributed by atoms with van der Waals surface area (Å²) in [5.74, 6) is -0.978. The standard InChI is InChI=1S/C16H18N4O4S/c1-10(2)18-19-15-17-14(22)12(25-15)9-13(21)20(3,16(23)24)11-7-5-4-6-8-11/h4-8,12H,9H2,1-3H3,(H-,17,19,22,23,24)/p+1. The molecule has 9 heteroatoms. The summed E-state index contributed by atoms with van der Waals surface area (Å²) in [5, 5.41) is 19.5. The number of hydrogen-bond acceptors (Lipinski definition) is 6. The number of hydrogen-bond donors (Lipinski definition) is 2. The summed E-state index contributed by atoms with van der Waals surface area (Å²) in [4.78, 5) is 36.5. The normalized spacial score (nSPS) is 20.7. The van der Waals surface area contributed by atoms with Gasteiger partial charge in [0.1, 0.15) is 5.25 Å². The lowest BCUT2D eigenvalue weighted by molar-refractivity contribution is -0.129. The average Bonchev–Trinajstić information content (AvgIpc) is 2.92. The van der Waals surface area contributed by atoms with Gasteiger partial charge in [-0.3, -0.25) is 4.79 Å². The number of carbonyl (C=O) groups excluding carboxylic acids is 2. The monoisotopic (exact) mass is 363 g/mol. The molecule has 2 unspecified atom stereocenters. The number of thioether (sulfide) groups is 1. The molecular formula is C16H19N4O4S+. The molecule has 0 bridgehead atoms. The van der Waals surface area contributed by atoms with Crippen LogP contribution in [0.1, 0.15) is 20.3 Å². The van der Waals surface area contributed by atoms with Crippen molar-refractivity contribution >= 4 is 46.2 Å². The van der Waals surface area contributed by atoms with Gasteiger partial charge in [0.05, 0.1) is 13.5 Å². The summed E-state index contributed by atoms with van der Waals surface area (Å²) < 4.78 is -0.927. The number of benzene rings is 1. The highest BCUT2D eigenvalue weighted by molar-refractivity contribution is 8.15. The van der Waals surface area contributed by atoms with E-state index in [4.69, 9.17) is 0 Å². The van der Waals surface area contributed by atoms with Crippen molar-refractivity contribution in [3.05, 3.63) is 30.3 Å². The number of imide groups is 1. The highest BCUT2D eigenvalue weighted by Crippen LogP contribution is 2.28. The molecule has 0 radical (unpaired) electrons. The van der Waals surface area contributed by atoms with Crippen LogP contribution in [0.25, 0.3) is 0 Å². The zero-order valence-corrected chi connectivity index (χ0v) is 14.9. The van der Waals surface area contributed by atoms with Gasteiger partial charge >= 0.3 is 12.0 Å². The summed E-state index contributed by atoms with van der Waals surface area (Å²) in [7, 11) is 1.30. The number of para-hydroxylation sites is 1. The number of nitrogens with one attached hydrogen (secondary N) is 1.